The molecule has 120 valence electrons. The topological polar surface area (TPSA) is 29.1 Å². The number of para-hydroxylation sites is 1. The molecule has 0 spiro atoms. The van der Waals surface area contributed by atoms with E-state index in [9.17, 15) is 4.79 Å². The van der Waals surface area contributed by atoms with Gasteiger partial charge in [0.2, 0.25) is 0 Å². The van der Waals surface area contributed by atoms with Gasteiger partial charge >= 0.3 is 0 Å². The fourth-order valence-electron chi connectivity index (χ4n) is 3.02. The maximum Gasteiger partial charge on any atom is 0.256 e. The molecular weight excluding hydrogens is 306 g/mol. The second-order valence-corrected chi connectivity index (χ2v) is 5.93. The van der Waals surface area contributed by atoms with Crippen LogP contribution in [0.1, 0.15) is 10.4 Å². The molecule has 0 aliphatic rings. The zero-order chi connectivity index (χ0) is 17.1. The highest BCUT2D eigenvalue weighted by atomic mass is 16.1. The highest BCUT2D eigenvalue weighted by Crippen LogP contribution is 2.28. The van der Waals surface area contributed by atoms with E-state index in [0.29, 0.717) is 5.56 Å². The van der Waals surface area contributed by atoms with Crippen LogP contribution < -0.4 is 5.32 Å². The number of anilines is 1. The van der Waals surface area contributed by atoms with Crippen LogP contribution in [-0.4, -0.2) is 5.91 Å². The van der Waals surface area contributed by atoms with Gasteiger partial charge in [0.05, 0.1) is 0 Å². The van der Waals surface area contributed by atoms with E-state index >= 15 is 0 Å². The lowest BCUT2D eigenvalue weighted by molar-refractivity contribution is 0.102. The smallest absolute Gasteiger partial charge is 0.256 e. The summed E-state index contributed by atoms with van der Waals surface area (Å²) in [6, 6.07) is 31.7. The largest absolute Gasteiger partial charge is 0.322 e. The van der Waals surface area contributed by atoms with E-state index in [2.05, 4.69) is 23.5 Å². The normalized spacial score (nSPS) is 10.6. The molecule has 25 heavy (non-hydrogen) atoms. The highest BCUT2D eigenvalue weighted by Gasteiger charge is 2.13. The number of carbonyl (C=O) groups is 1. The molecule has 4 rings (SSSR count). The van der Waals surface area contributed by atoms with Gasteiger partial charge in [-0.15, -0.1) is 0 Å². The molecule has 1 N–H and O–H groups in total. The summed E-state index contributed by atoms with van der Waals surface area (Å²) in [4.78, 5) is 12.9. The van der Waals surface area contributed by atoms with Crippen molar-refractivity contribution in [1.29, 1.82) is 0 Å². The number of amides is 1. The number of hydrogen-bond donors (Lipinski definition) is 1. The molecule has 0 saturated heterocycles. The molecule has 2 heteroatoms. The molecule has 0 aliphatic heterocycles. The van der Waals surface area contributed by atoms with Gasteiger partial charge in [0, 0.05) is 11.3 Å². The molecule has 1 amide bonds. The Morgan fingerprint density at radius 1 is 0.640 bits per heavy atom. The molecule has 2 nitrogen and oxygen atoms in total. The van der Waals surface area contributed by atoms with Crippen LogP contribution in [0.4, 0.5) is 5.69 Å². The highest BCUT2D eigenvalue weighted by molar-refractivity contribution is 6.14. The second kappa shape index (κ2) is 6.62. The van der Waals surface area contributed by atoms with E-state index in [1.165, 1.54) is 0 Å². The Kier molecular flexibility index (Phi) is 4.01. The summed E-state index contributed by atoms with van der Waals surface area (Å²) in [5.74, 6) is -0.0971. The minimum atomic E-state index is -0.0971. The predicted molar refractivity (Wildman–Crippen MR) is 104 cm³/mol. The lowest BCUT2D eigenvalue weighted by atomic mass is 9.96. The van der Waals surface area contributed by atoms with Crippen molar-refractivity contribution in [2.45, 2.75) is 0 Å². The summed E-state index contributed by atoms with van der Waals surface area (Å²) in [6.07, 6.45) is 0. The molecule has 0 saturated carbocycles. The van der Waals surface area contributed by atoms with Crippen LogP contribution in [-0.2, 0) is 0 Å². The molecule has 0 aliphatic carbocycles. The Labute approximate surface area is 146 Å². The first kappa shape index (κ1) is 15.2. The van der Waals surface area contributed by atoms with Crippen LogP contribution in [0.3, 0.4) is 0 Å². The fourth-order valence-corrected chi connectivity index (χ4v) is 3.02. The lowest BCUT2D eigenvalue weighted by Gasteiger charge is -2.11. The Balaban J connectivity index is 1.83. The second-order valence-electron chi connectivity index (χ2n) is 5.93. The number of carbonyl (C=O) groups excluding carboxylic acids is 1. The first-order valence-electron chi connectivity index (χ1n) is 8.26. The van der Waals surface area contributed by atoms with E-state index in [1.54, 1.807) is 0 Å². The monoisotopic (exact) mass is 323 g/mol. The SMILES string of the molecule is O=C(Nc1ccccc1)c1cc(-c2ccccc2)cc2ccccc12. The van der Waals surface area contributed by atoms with E-state index in [4.69, 9.17) is 0 Å². The standard InChI is InChI=1S/C23H17NO/c25-23(24-20-12-5-2-6-13-20)22-16-19(17-9-3-1-4-10-17)15-18-11-7-8-14-21(18)22/h1-16H,(H,24,25). The molecule has 4 aromatic carbocycles. The molecule has 0 aromatic heterocycles. The van der Waals surface area contributed by atoms with E-state index in [-0.39, 0.29) is 5.91 Å². The summed E-state index contributed by atoms with van der Waals surface area (Å²) < 4.78 is 0. The Bertz CT molecular complexity index is 1020. The summed E-state index contributed by atoms with van der Waals surface area (Å²) in [5.41, 5.74) is 3.61. The first-order valence-corrected chi connectivity index (χ1v) is 8.26. The summed E-state index contributed by atoms with van der Waals surface area (Å²) in [7, 11) is 0. The Hall–Kier alpha value is -3.39. The van der Waals surface area contributed by atoms with Gasteiger partial charge in [-0.25, -0.2) is 0 Å². The van der Waals surface area contributed by atoms with Gasteiger partial charge in [0.1, 0.15) is 0 Å². The van der Waals surface area contributed by atoms with Crippen molar-refractivity contribution in [3.63, 3.8) is 0 Å². The zero-order valence-electron chi connectivity index (χ0n) is 13.6. The number of benzene rings is 4. The maximum absolute atomic E-state index is 12.9. The number of hydrogen-bond acceptors (Lipinski definition) is 1. The third-order valence-corrected chi connectivity index (χ3v) is 4.25. The molecule has 0 fully saturated rings. The molecule has 0 bridgehead atoms. The van der Waals surface area contributed by atoms with Crippen LogP contribution in [0, 0.1) is 0 Å². The van der Waals surface area contributed by atoms with Crippen LogP contribution in [0.2, 0.25) is 0 Å². The molecule has 0 radical (unpaired) electrons. The predicted octanol–water partition coefficient (Wildman–Crippen LogP) is 5.76. The van der Waals surface area contributed by atoms with Crippen LogP contribution in [0.15, 0.2) is 97.1 Å². The van der Waals surface area contributed by atoms with Crippen molar-refractivity contribution in [1.82, 2.24) is 0 Å². The van der Waals surface area contributed by atoms with Gasteiger partial charge in [-0.1, -0.05) is 72.8 Å². The third-order valence-electron chi connectivity index (χ3n) is 4.25. The molecular formula is C23H17NO. The number of rotatable bonds is 3. The summed E-state index contributed by atoms with van der Waals surface area (Å²) in [5, 5.41) is 5.00. The van der Waals surface area contributed by atoms with Gasteiger partial charge in [-0.2, -0.15) is 0 Å². The first-order chi connectivity index (χ1) is 12.3. The molecule has 0 atom stereocenters. The quantitative estimate of drug-likeness (QED) is 0.510. The summed E-state index contributed by atoms with van der Waals surface area (Å²) in [6.45, 7) is 0. The van der Waals surface area contributed by atoms with Crippen molar-refractivity contribution in [3.8, 4) is 11.1 Å². The molecule has 0 heterocycles. The van der Waals surface area contributed by atoms with Crippen LogP contribution in [0.5, 0.6) is 0 Å². The Morgan fingerprint density at radius 3 is 2.04 bits per heavy atom. The van der Waals surface area contributed by atoms with Crippen molar-refractivity contribution in [3.05, 3.63) is 103 Å². The third kappa shape index (κ3) is 3.15. The van der Waals surface area contributed by atoms with Gasteiger partial charge in [-0.05, 0) is 46.2 Å². The van der Waals surface area contributed by atoms with Gasteiger partial charge in [-0.3, -0.25) is 4.79 Å². The van der Waals surface area contributed by atoms with E-state index in [0.717, 1.165) is 27.6 Å². The van der Waals surface area contributed by atoms with Crippen molar-refractivity contribution >= 4 is 22.4 Å². The molecule has 4 aromatic rings. The number of nitrogens with one attached hydrogen (secondary N) is 1. The molecule has 0 unspecified atom stereocenters. The zero-order valence-corrected chi connectivity index (χ0v) is 13.6. The van der Waals surface area contributed by atoms with Crippen LogP contribution >= 0.6 is 0 Å². The van der Waals surface area contributed by atoms with Crippen LogP contribution in [0.25, 0.3) is 21.9 Å². The van der Waals surface area contributed by atoms with Gasteiger partial charge < -0.3 is 5.32 Å². The van der Waals surface area contributed by atoms with E-state index in [1.807, 2.05) is 78.9 Å². The average molecular weight is 323 g/mol. The van der Waals surface area contributed by atoms with Crippen molar-refractivity contribution in [2.75, 3.05) is 5.32 Å². The van der Waals surface area contributed by atoms with E-state index < -0.39 is 0 Å². The van der Waals surface area contributed by atoms with Crippen molar-refractivity contribution in [2.24, 2.45) is 0 Å². The summed E-state index contributed by atoms with van der Waals surface area (Å²) >= 11 is 0. The van der Waals surface area contributed by atoms with Gasteiger partial charge in [0.15, 0.2) is 0 Å². The van der Waals surface area contributed by atoms with Gasteiger partial charge in [0.25, 0.3) is 5.91 Å². The fraction of sp³-hybridized carbons (Fsp3) is 0. The van der Waals surface area contributed by atoms with Crippen molar-refractivity contribution < 1.29 is 4.79 Å². The average Bonchev–Trinajstić information content (AvgIpc) is 2.68. The minimum absolute atomic E-state index is 0.0971. The number of fused-ring (bicyclic) bond motifs is 1. The minimum Gasteiger partial charge on any atom is -0.322 e. The lowest BCUT2D eigenvalue weighted by Crippen LogP contribution is -2.12. The maximum atomic E-state index is 12.9. The Morgan fingerprint density at radius 2 is 1.28 bits per heavy atom.